The smallest absolute Gasteiger partial charge is 0.123 e. The van der Waals surface area contributed by atoms with Crippen molar-refractivity contribution >= 4 is 15.9 Å². The van der Waals surface area contributed by atoms with E-state index in [0.717, 1.165) is 5.56 Å². The van der Waals surface area contributed by atoms with E-state index in [-0.39, 0.29) is 16.1 Å². The van der Waals surface area contributed by atoms with Gasteiger partial charge in [0.15, 0.2) is 0 Å². The summed E-state index contributed by atoms with van der Waals surface area (Å²) < 4.78 is 13.0. The van der Waals surface area contributed by atoms with Gasteiger partial charge < -0.3 is 0 Å². The Morgan fingerprint density at radius 3 is 2.06 bits per heavy atom. The average Bonchev–Trinajstić information content (AvgIpc) is 2.40. The Morgan fingerprint density at radius 1 is 0.944 bits per heavy atom. The summed E-state index contributed by atoms with van der Waals surface area (Å²) >= 11 is 3.75. The third-order valence-corrected chi connectivity index (χ3v) is 4.99. The zero-order valence-electron chi connectivity index (χ0n) is 10.5. The molecule has 0 nitrogen and oxygen atoms in total. The lowest BCUT2D eigenvalue weighted by Crippen LogP contribution is -2.23. The van der Waals surface area contributed by atoms with Gasteiger partial charge in [0.1, 0.15) is 5.82 Å². The Kier molecular flexibility index (Phi) is 3.86. The molecule has 0 aliphatic rings. The van der Waals surface area contributed by atoms with Crippen molar-refractivity contribution in [2.24, 2.45) is 0 Å². The topological polar surface area (TPSA) is 0 Å². The van der Waals surface area contributed by atoms with E-state index < -0.39 is 0 Å². The Labute approximate surface area is 116 Å². The molecule has 0 amide bonds. The average molecular weight is 307 g/mol. The second kappa shape index (κ2) is 5.23. The van der Waals surface area contributed by atoms with Crippen molar-refractivity contribution in [2.45, 2.75) is 24.1 Å². The Hall–Kier alpha value is -1.15. The van der Waals surface area contributed by atoms with Crippen molar-refractivity contribution < 1.29 is 4.39 Å². The summed E-state index contributed by atoms with van der Waals surface area (Å²) in [6, 6.07) is 17.0. The summed E-state index contributed by atoms with van der Waals surface area (Å²) in [5, 5.41) is 0. The van der Waals surface area contributed by atoms with Gasteiger partial charge >= 0.3 is 0 Å². The van der Waals surface area contributed by atoms with Crippen molar-refractivity contribution in [1.29, 1.82) is 0 Å². The van der Waals surface area contributed by atoms with E-state index in [2.05, 4.69) is 41.9 Å². The van der Waals surface area contributed by atoms with Crippen LogP contribution in [0.15, 0.2) is 54.6 Å². The first-order valence-corrected chi connectivity index (χ1v) is 6.88. The molecule has 0 spiro atoms. The number of hydrogen-bond acceptors (Lipinski definition) is 0. The lowest BCUT2D eigenvalue weighted by atomic mass is 9.79. The van der Waals surface area contributed by atoms with Crippen molar-refractivity contribution in [1.82, 2.24) is 0 Å². The van der Waals surface area contributed by atoms with Gasteiger partial charge in [-0.25, -0.2) is 4.39 Å². The maximum atomic E-state index is 13.0. The molecule has 2 aromatic carbocycles. The van der Waals surface area contributed by atoms with Crippen LogP contribution in [0.1, 0.15) is 29.8 Å². The van der Waals surface area contributed by atoms with Gasteiger partial charge in [0.05, 0.1) is 0 Å². The van der Waals surface area contributed by atoms with Gasteiger partial charge in [-0.1, -0.05) is 72.2 Å². The largest absolute Gasteiger partial charge is 0.207 e. The number of benzene rings is 2. The predicted molar refractivity (Wildman–Crippen MR) is 77.5 cm³/mol. The van der Waals surface area contributed by atoms with Gasteiger partial charge in [0, 0.05) is 10.2 Å². The number of alkyl halides is 1. The van der Waals surface area contributed by atoms with Gasteiger partial charge in [-0.05, 0) is 23.3 Å². The van der Waals surface area contributed by atoms with Crippen molar-refractivity contribution in [2.75, 3.05) is 0 Å². The summed E-state index contributed by atoms with van der Waals surface area (Å²) in [5.74, 6) is -0.198. The monoisotopic (exact) mass is 306 g/mol. The number of rotatable bonds is 3. The summed E-state index contributed by atoms with van der Waals surface area (Å²) in [4.78, 5) is 0.146. The lowest BCUT2D eigenvalue weighted by molar-refractivity contribution is 0.517. The standard InChI is InChI=1S/C16H16BrF/c1-16(2,13-6-4-3-5-7-13)15(17)12-8-10-14(18)11-9-12/h3-11,15H,1-2H3. The van der Waals surface area contributed by atoms with Gasteiger partial charge in [0.25, 0.3) is 0 Å². The second-order valence-corrected chi connectivity index (χ2v) is 5.92. The van der Waals surface area contributed by atoms with Gasteiger partial charge in [-0.2, -0.15) is 0 Å². The molecule has 2 aromatic rings. The molecule has 0 heterocycles. The molecule has 94 valence electrons. The van der Waals surface area contributed by atoms with Crippen molar-refractivity contribution in [3.8, 4) is 0 Å². The first-order chi connectivity index (χ1) is 8.51. The fourth-order valence-corrected chi connectivity index (χ4v) is 2.63. The van der Waals surface area contributed by atoms with Crippen LogP contribution in [0.25, 0.3) is 0 Å². The van der Waals surface area contributed by atoms with E-state index in [9.17, 15) is 4.39 Å². The predicted octanol–water partition coefficient (Wildman–Crippen LogP) is 5.24. The highest BCUT2D eigenvalue weighted by Crippen LogP contribution is 2.42. The zero-order valence-corrected chi connectivity index (χ0v) is 12.1. The van der Waals surface area contributed by atoms with Crippen LogP contribution in [-0.2, 0) is 5.41 Å². The van der Waals surface area contributed by atoms with Gasteiger partial charge in [-0.15, -0.1) is 0 Å². The minimum Gasteiger partial charge on any atom is -0.207 e. The fourth-order valence-electron chi connectivity index (χ4n) is 2.06. The maximum absolute atomic E-state index is 13.0. The molecular weight excluding hydrogens is 291 g/mol. The molecule has 0 N–H and O–H groups in total. The van der Waals surface area contributed by atoms with Crippen LogP contribution in [0.3, 0.4) is 0 Å². The third-order valence-electron chi connectivity index (χ3n) is 3.31. The SMILES string of the molecule is CC(C)(c1ccccc1)C(Br)c1ccc(F)cc1. The Morgan fingerprint density at radius 2 is 1.50 bits per heavy atom. The van der Waals surface area contributed by atoms with Crippen LogP contribution in [0.2, 0.25) is 0 Å². The summed E-state index contributed by atoms with van der Waals surface area (Å²) in [7, 11) is 0. The molecule has 0 saturated carbocycles. The van der Waals surface area contributed by atoms with Crippen LogP contribution in [0, 0.1) is 5.82 Å². The molecule has 1 atom stereocenters. The Balaban J connectivity index is 2.32. The normalized spacial score (nSPS) is 13.3. The highest BCUT2D eigenvalue weighted by Gasteiger charge is 2.30. The maximum Gasteiger partial charge on any atom is 0.123 e. The molecule has 0 saturated heterocycles. The highest BCUT2D eigenvalue weighted by atomic mass is 79.9. The van der Waals surface area contributed by atoms with E-state index in [1.807, 2.05) is 30.3 Å². The van der Waals surface area contributed by atoms with Crippen LogP contribution in [0.5, 0.6) is 0 Å². The van der Waals surface area contributed by atoms with Crippen molar-refractivity contribution in [3.05, 3.63) is 71.5 Å². The molecular formula is C16H16BrF. The molecule has 2 heteroatoms. The summed E-state index contributed by atoms with van der Waals surface area (Å²) in [6.45, 7) is 4.37. The van der Waals surface area contributed by atoms with E-state index in [0.29, 0.717) is 0 Å². The van der Waals surface area contributed by atoms with E-state index in [4.69, 9.17) is 0 Å². The van der Waals surface area contributed by atoms with Crippen molar-refractivity contribution in [3.63, 3.8) is 0 Å². The van der Waals surface area contributed by atoms with E-state index in [1.54, 1.807) is 0 Å². The third kappa shape index (κ3) is 2.64. The van der Waals surface area contributed by atoms with Gasteiger partial charge in [0.2, 0.25) is 0 Å². The Bertz CT molecular complexity index is 502. The highest BCUT2D eigenvalue weighted by molar-refractivity contribution is 9.09. The van der Waals surface area contributed by atoms with E-state index >= 15 is 0 Å². The molecule has 0 fully saturated rings. The zero-order chi connectivity index (χ0) is 13.2. The first-order valence-electron chi connectivity index (χ1n) is 5.97. The first kappa shape index (κ1) is 13.3. The lowest BCUT2D eigenvalue weighted by Gasteiger charge is -2.31. The number of halogens is 2. The molecule has 0 aliphatic heterocycles. The van der Waals surface area contributed by atoms with Crippen LogP contribution < -0.4 is 0 Å². The van der Waals surface area contributed by atoms with E-state index in [1.165, 1.54) is 17.7 Å². The molecule has 2 rings (SSSR count). The number of hydrogen-bond donors (Lipinski definition) is 0. The minimum atomic E-state index is -0.198. The molecule has 1 unspecified atom stereocenters. The molecule has 0 aromatic heterocycles. The van der Waals surface area contributed by atoms with Crippen LogP contribution in [0.4, 0.5) is 4.39 Å². The van der Waals surface area contributed by atoms with Crippen LogP contribution in [-0.4, -0.2) is 0 Å². The quantitative estimate of drug-likeness (QED) is 0.680. The molecule has 0 bridgehead atoms. The molecule has 0 aliphatic carbocycles. The fraction of sp³-hybridized carbons (Fsp3) is 0.250. The summed E-state index contributed by atoms with van der Waals surface area (Å²) in [6.07, 6.45) is 0. The second-order valence-electron chi connectivity index (χ2n) is 5.00. The molecule has 0 radical (unpaired) electrons. The van der Waals surface area contributed by atoms with Gasteiger partial charge in [-0.3, -0.25) is 0 Å². The summed E-state index contributed by atoms with van der Waals surface area (Å²) in [5.41, 5.74) is 2.29. The minimum absolute atomic E-state index is 0.0565. The van der Waals surface area contributed by atoms with Crippen LogP contribution >= 0.6 is 15.9 Å². The molecule has 18 heavy (non-hydrogen) atoms.